The zero-order valence-electron chi connectivity index (χ0n) is 11.1. The van der Waals surface area contributed by atoms with Gasteiger partial charge in [0.05, 0.1) is 5.69 Å². The summed E-state index contributed by atoms with van der Waals surface area (Å²) in [6, 6.07) is 6.61. The molecule has 0 fully saturated rings. The monoisotopic (exact) mass is 254 g/mol. The quantitative estimate of drug-likeness (QED) is 0.862. The van der Waals surface area contributed by atoms with Gasteiger partial charge in [-0.15, -0.1) is 0 Å². The van der Waals surface area contributed by atoms with Crippen LogP contribution in [0.5, 0.6) is 0 Å². The van der Waals surface area contributed by atoms with Crippen LogP contribution in [0.25, 0.3) is 11.1 Å². The number of aryl methyl sites for hydroxylation is 3. The molecule has 4 nitrogen and oxygen atoms in total. The Balaban J connectivity index is 2.14. The summed E-state index contributed by atoms with van der Waals surface area (Å²) >= 11 is 0. The molecule has 0 amide bonds. The predicted molar refractivity (Wildman–Crippen MR) is 77.7 cm³/mol. The molecule has 0 unspecified atom stereocenters. The fourth-order valence-electron chi connectivity index (χ4n) is 2.82. The Hall–Kier alpha value is -2.10. The molecule has 0 radical (unpaired) electrons. The summed E-state index contributed by atoms with van der Waals surface area (Å²) in [4.78, 5) is 8.41. The summed E-state index contributed by atoms with van der Waals surface area (Å²) in [5.41, 5.74) is 17.5. The lowest BCUT2D eigenvalue weighted by Crippen LogP contribution is -2.12. The van der Waals surface area contributed by atoms with Crippen LogP contribution in [0.4, 0.5) is 11.8 Å². The molecular formula is C15H18N4. The number of aromatic nitrogens is 2. The molecule has 4 heteroatoms. The van der Waals surface area contributed by atoms with E-state index in [0.717, 1.165) is 36.9 Å². The Morgan fingerprint density at radius 3 is 2.79 bits per heavy atom. The molecule has 98 valence electrons. The van der Waals surface area contributed by atoms with Crippen molar-refractivity contribution < 1.29 is 0 Å². The van der Waals surface area contributed by atoms with E-state index in [0.29, 0.717) is 5.82 Å². The zero-order chi connectivity index (χ0) is 13.4. The number of anilines is 2. The lowest BCUT2D eigenvalue weighted by molar-refractivity contribution is 0.876. The molecule has 19 heavy (non-hydrogen) atoms. The molecule has 1 aromatic heterocycles. The Bertz CT molecular complexity index is 634. The van der Waals surface area contributed by atoms with Crippen molar-refractivity contribution in [2.45, 2.75) is 32.6 Å². The first-order valence-corrected chi connectivity index (χ1v) is 6.73. The van der Waals surface area contributed by atoms with Crippen LogP contribution in [-0.4, -0.2) is 9.97 Å². The van der Waals surface area contributed by atoms with Crippen molar-refractivity contribution in [2.24, 2.45) is 0 Å². The summed E-state index contributed by atoms with van der Waals surface area (Å²) in [6.45, 7) is 2.20. The zero-order valence-corrected chi connectivity index (χ0v) is 11.1. The lowest BCUT2D eigenvalue weighted by atomic mass is 9.87. The van der Waals surface area contributed by atoms with Gasteiger partial charge >= 0.3 is 0 Å². The van der Waals surface area contributed by atoms with Gasteiger partial charge in [-0.1, -0.05) is 31.5 Å². The van der Waals surface area contributed by atoms with Gasteiger partial charge in [0.1, 0.15) is 5.82 Å². The number of fused-ring (bicyclic) bond motifs is 3. The highest BCUT2D eigenvalue weighted by atomic mass is 15.0. The molecule has 0 spiro atoms. The van der Waals surface area contributed by atoms with Gasteiger partial charge in [0, 0.05) is 5.56 Å². The van der Waals surface area contributed by atoms with Crippen LogP contribution in [0, 0.1) is 0 Å². The number of benzene rings is 1. The van der Waals surface area contributed by atoms with Gasteiger partial charge in [-0.2, -0.15) is 4.98 Å². The molecule has 1 heterocycles. The van der Waals surface area contributed by atoms with Crippen molar-refractivity contribution in [1.29, 1.82) is 0 Å². The number of nitrogens with zero attached hydrogens (tertiary/aromatic N) is 2. The number of rotatable bonds is 2. The van der Waals surface area contributed by atoms with Crippen molar-refractivity contribution >= 4 is 11.8 Å². The summed E-state index contributed by atoms with van der Waals surface area (Å²) in [5, 5.41) is 0. The average Bonchev–Trinajstić information content (AvgIpc) is 2.38. The molecule has 3 rings (SSSR count). The van der Waals surface area contributed by atoms with Gasteiger partial charge in [-0.25, -0.2) is 4.98 Å². The highest BCUT2D eigenvalue weighted by Gasteiger charge is 2.21. The van der Waals surface area contributed by atoms with E-state index in [9.17, 15) is 0 Å². The fourth-order valence-corrected chi connectivity index (χ4v) is 2.82. The number of hydrogen-bond donors (Lipinski definition) is 2. The van der Waals surface area contributed by atoms with Crippen molar-refractivity contribution in [2.75, 3.05) is 11.5 Å². The topological polar surface area (TPSA) is 77.8 Å². The average molecular weight is 254 g/mol. The standard InChI is InChI=1S/C15H18N4/c1-2-3-9-4-6-11-10(8-9)5-7-12-13(11)14(16)19-15(17)18-12/h4,6,8H,2-3,5,7H2,1H3,(H4,16,17,18,19). The number of hydrogen-bond acceptors (Lipinski definition) is 4. The van der Waals surface area contributed by atoms with Gasteiger partial charge in [0.2, 0.25) is 5.95 Å². The van der Waals surface area contributed by atoms with Gasteiger partial charge in [0.25, 0.3) is 0 Å². The first-order chi connectivity index (χ1) is 9.19. The molecule has 0 saturated heterocycles. The highest BCUT2D eigenvalue weighted by Crippen LogP contribution is 2.36. The van der Waals surface area contributed by atoms with Gasteiger partial charge in [-0.05, 0) is 36.0 Å². The molecule has 2 aromatic rings. The van der Waals surface area contributed by atoms with Crippen LogP contribution in [0.1, 0.15) is 30.2 Å². The Labute approximate surface area is 112 Å². The second-order valence-corrected chi connectivity index (χ2v) is 5.03. The lowest BCUT2D eigenvalue weighted by Gasteiger charge is -2.21. The molecule has 0 aliphatic heterocycles. The van der Waals surface area contributed by atoms with Crippen molar-refractivity contribution in [3.05, 3.63) is 35.0 Å². The summed E-state index contributed by atoms with van der Waals surface area (Å²) < 4.78 is 0. The molecule has 4 N–H and O–H groups in total. The van der Waals surface area contributed by atoms with E-state index in [1.54, 1.807) is 0 Å². The van der Waals surface area contributed by atoms with Crippen LogP contribution in [0.3, 0.4) is 0 Å². The maximum Gasteiger partial charge on any atom is 0.222 e. The number of nitrogens with two attached hydrogens (primary N) is 2. The van der Waals surface area contributed by atoms with Crippen LogP contribution in [-0.2, 0) is 19.3 Å². The molecule has 0 saturated carbocycles. The smallest absolute Gasteiger partial charge is 0.222 e. The minimum absolute atomic E-state index is 0.266. The van der Waals surface area contributed by atoms with Crippen molar-refractivity contribution in [3.8, 4) is 11.1 Å². The van der Waals surface area contributed by atoms with E-state index in [-0.39, 0.29) is 5.95 Å². The molecule has 0 atom stereocenters. The van der Waals surface area contributed by atoms with E-state index in [1.165, 1.54) is 16.7 Å². The third-order valence-corrected chi connectivity index (χ3v) is 3.64. The number of nitrogen functional groups attached to an aromatic ring is 2. The Morgan fingerprint density at radius 1 is 1.16 bits per heavy atom. The second kappa shape index (κ2) is 4.53. The summed E-state index contributed by atoms with van der Waals surface area (Å²) in [5.74, 6) is 0.758. The predicted octanol–water partition coefficient (Wildman–Crippen LogP) is 2.36. The molecule has 1 aliphatic rings. The van der Waals surface area contributed by atoms with Crippen LogP contribution in [0.2, 0.25) is 0 Å². The molecule has 1 aliphatic carbocycles. The van der Waals surface area contributed by atoms with E-state index >= 15 is 0 Å². The summed E-state index contributed by atoms with van der Waals surface area (Å²) in [7, 11) is 0. The molecule has 0 bridgehead atoms. The largest absolute Gasteiger partial charge is 0.383 e. The van der Waals surface area contributed by atoms with Gasteiger partial charge in [-0.3, -0.25) is 0 Å². The maximum atomic E-state index is 6.02. The van der Waals surface area contributed by atoms with Crippen LogP contribution in [0.15, 0.2) is 18.2 Å². The summed E-state index contributed by atoms with van der Waals surface area (Å²) in [6.07, 6.45) is 4.16. The second-order valence-electron chi connectivity index (χ2n) is 5.03. The maximum absolute atomic E-state index is 6.02. The SMILES string of the molecule is CCCc1ccc2c(c1)CCc1nc(N)nc(N)c1-2. The first-order valence-electron chi connectivity index (χ1n) is 6.73. The normalized spacial score (nSPS) is 12.9. The van der Waals surface area contributed by atoms with E-state index in [4.69, 9.17) is 11.5 Å². The van der Waals surface area contributed by atoms with Crippen LogP contribution < -0.4 is 11.5 Å². The third kappa shape index (κ3) is 2.03. The van der Waals surface area contributed by atoms with E-state index < -0.39 is 0 Å². The van der Waals surface area contributed by atoms with Crippen LogP contribution >= 0.6 is 0 Å². The van der Waals surface area contributed by atoms with E-state index in [1.807, 2.05) is 0 Å². The first kappa shape index (κ1) is 12.0. The fraction of sp³-hybridized carbons (Fsp3) is 0.333. The van der Waals surface area contributed by atoms with Gasteiger partial charge < -0.3 is 11.5 Å². The Kier molecular flexibility index (Phi) is 2.85. The van der Waals surface area contributed by atoms with Crippen molar-refractivity contribution in [3.63, 3.8) is 0 Å². The van der Waals surface area contributed by atoms with Crippen molar-refractivity contribution in [1.82, 2.24) is 9.97 Å². The van der Waals surface area contributed by atoms with Gasteiger partial charge in [0.15, 0.2) is 0 Å². The van der Waals surface area contributed by atoms with E-state index in [2.05, 4.69) is 35.1 Å². The molecular weight excluding hydrogens is 236 g/mol. The third-order valence-electron chi connectivity index (χ3n) is 3.64. The highest BCUT2D eigenvalue weighted by molar-refractivity contribution is 5.80. The minimum Gasteiger partial charge on any atom is -0.383 e. The molecule has 1 aromatic carbocycles. The Morgan fingerprint density at radius 2 is 2.00 bits per heavy atom. The minimum atomic E-state index is 0.266.